The maximum absolute atomic E-state index is 12.5. The first-order chi connectivity index (χ1) is 10.5. The lowest BCUT2D eigenvalue weighted by Crippen LogP contribution is -2.41. The maximum Gasteiger partial charge on any atom is 0.241 e. The summed E-state index contributed by atoms with van der Waals surface area (Å²) in [4.78, 5) is 16.0. The van der Waals surface area contributed by atoms with Crippen LogP contribution in [0.2, 0.25) is 0 Å². The molecule has 1 unspecified atom stereocenters. The van der Waals surface area contributed by atoms with E-state index in [1.165, 1.54) is 16.0 Å². The van der Waals surface area contributed by atoms with Gasteiger partial charge in [0, 0.05) is 17.1 Å². The number of thiophene rings is 1. The Labute approximate surface area is 137 Å². The molecule has 0 aliphatic rings. The zero-order valence-electron chi connectivity index (χ0n) is 13.7. The van der Waals surface area contributed by atoms with E-state index in [0.717, 1.165) is 18.8 Å². The zero-order valence-corrected chi connectivity index (χ0v) is 14.5. The molecule has 2 aromatic rings. The number of hydrogen-bond donors (Lipinski definition) is 1. The molecule has 118 valence electrons. The number of nitrogens with zero attached hydrogens (tertiary/aromatic N) is 1. The van der Waals surface area contributed by atoms with Crippen LogP contribution in [0.25, 0.3) is 0 Å². The Bertz CT molecular complexity index is 622. The number of aryl methyl sites for hydroxylation is 2. The van der Waals surface area contributed by atoms with E-state index in [2.05, 4.69) is 42.4 Å². The van der Waals surface area contributed by atoms with Crippen molar-refractivity contribution in [2.45, 2.75) is 40.3 Å². The molecule has 2 rings (SSSR count). The Hall–Kier alpha value is -1.65. The predicted octanol–water partition coefficient (Wildman–Crippen LogP) is 4.21. The van der Waals surface area contributed by atoms with Crippen LogP contribution in [0.4, 0.5) is 5.69 Å². The smallest absolute Gasteiger partial charge is 0.241 e. The lowest BCUT2D eigenvalue weighted by atomic mass is 10.1. The number of hydrogen-bond acceptors (Lipinski definition) is 3. The van der Waals surface area contributed by atoms with Crippen LogP contribution in [0.15, 0.2) is 35.7 Å². The highest BCUT2D eigenvalue weighted by molar-refractivity contribution is 7.09. The molecule has 1 aromatic heterocycles. The second-order valence-corrected chi connectivity index (χ2v) is 6.64. The number of carbonyl (C=O) groups is 1. The topological polar surface area (TPSA) is 32.3 Å². The minimum atomic E-state index is -0.159. The van der Waals surface area contributed by atoms with Gasteiger partial charge in [-0.05, 0) is 62.0 Å². The molecule has 1 aromatic carbocycles. The molecule has 0 saturated carbocycles. The van der Waals surface area contributed by atoms with Gasteiger partial charge in [-0.2, -0.15) is 0 Å². The van der Waals surface area contributed by atoms with Crippen molar-refractivity contribution >= 4 is 22.9 Å². The van der Waals surface area contributed by atoms with Crippen molar-refractivity contribution in [3.05, 3.63) is 51.7 Å². The second kappa shape index (κ2) is 7.56. The summed E-state index contributed by atoms with van der Waals surface area (Å²) in [7, 11) is 0. The largest absolute Gasteiger partial charge is 0.325 e. The minimum absolute atomic E-state index is 0.0432. The fourth-order valence-electron chi connectivity index (χ4n) is 2.36. The average molecular weight is 316 g/mol. The van der Waals surface area contributed by atoms with Crippen LogP contribution in [0, 0.1) is 13.8 Å². The highest BCUT2D eigenvalue weighted by atomic mass is 32.1. The maximum atomic E-state index is 12.5. The molecule has 4 heteroatoms. The van der Waals surface area contributed by atoms with E-state index in [4.69, 9.17) is 0 Å². The van der Waals surface area contributed by atoms with Gasteiger partial charge in [0.05, 0.1) is 6.04 Å². The molecule has 0 fully saturated rings. The number of carbonyl (C=O) groups excluding carboxylic acids is 1. The molecule has 0 aliphatic heterocycles. The van der Waals surface area contributed by atoms with Crippen LogP contribution in [-0.4, -0.2) is 23.4 Å². The van der Waals surface area contributed by atoms with Gasteiger partial charge in [0.2, 0.25) is 5.91 Å². The molecule has 0 spiro atoms. The molecule has 1 N–H and O–H groups in total. The van der Waals surface area contributed by atoms with Crippen molar-refractivity contribution in [2.24, 2.45) is 0 Å². The second-order valence-electron chi connectivity index (χ2n) is 5.61. The van der Waals surface area contributed by atoms with Crippen molar-refractivity contribution in [1.82, 2.24) is 4.90 Å². The van der Waals surface area contributed by atoms with Crippen LogP contribution in [0.5, 0.6) is 0 Å². The molecule has 22 heavy (non-hydrogen) atoms. The summed E-state index contributed by atoms with van der Waals surface area (Å²) in [6.07, 6.45) is 0. The molecular formula is C18H24N2OS. The van der Waals surface area contributed by atoms with Gasteiger partial charge < -0.3 is 5.32 Å². The fourth-order valence-corrected chi connectivity index (χ4v) is 3.09. The number of anilines is 1. The number of benzene rings is 1. The van der Waals surface area contributed by atoms with E-state index in [0.29, 0.717) is 0 Å². The average Bonchev–Trinajstić information content (AvgIpc) is 3.01. The molecule has 0 aliphatic carbocycles. The van der Waals surface area contributed by atoms with Gasteiger partial charge in [0.1, 0.15) is 0 Å². The molecule has 0 saturated heterocycles. The number of rotatable bonds is 6. The summed E-state index contributed by atoms with van der Waals surface area (Å²) in [6, 6.07) is 10.0. The van der Waals surface area contributed by atoms with Crippen LogP contribution in [0.1, 0.15) is 29.9 Å². The van der Waals surface area contributed by atoms with E-state index in [1.54, 1.807) is 11.3 Å². The van der Waals surface area contributed by atoms with Gasteiger partial charge in [-0.15, -0.1) is 11.3 Å². The van der Waals surface area contributed by atoms with Crippen LogP contribution < -0.4 is 5.32 Å². The number of likely N-dealkylation sites (N-methyl/N-ethyl adjacent to an activating group) is 1. The van der Waals surface area contributed by atoms with Crippen molar-refractivity contribution in [2.75, 3.05) is 11.9 Å². The Morgan fingerprint density at radius 1 is 1.27 bits per heavy atom. The Kier molecular flexibility index (Phi) is 5.75. The van der Waals surface area contributed by atoms with E-state index < -0.39 is 0 Å². The highest BCUT2D eigenvalue weighted by Gasteiger charge is 2.20. The normalized spacial score (nSPS) is 12.4. The third kappa shape index (κ3) is 4.18. The van der Waals surface area contributed by atoms with Crippen molar-refractivity contribution < 1.29 is 4.79 Å². The highest BCUT2D eigenvalue weighted by Crippen LogP contribution is 2.17. The van der Waals surface area contributed by atoms with E-state index >= 15 is 0 Å². The zero-order chi connectivity index (χ0) is 16.1. The van der Waals surface area contributed by atoms with Gasteiger partial charge >= 0.3 is 0 Å². The van der Waals surface area contributed by atoms with Crippen molar-refractivity contribution in [1.29, 1.82) is 0 Å². The Morgan fingerprint density at radius 3 is 2.64 bits per heavy atom. The molecule has 0 radical (unpaired) electrons. The SMILES string of the molecule is CCN(Cc1cccs1)C(C)C(=O)Nc1ccc(C)c(C)c1. The van der Waals surface area contributed by atoms with Gasteiger partial charge in [0.15, 0.2) is 0 Å². The minimum Gasteiger partial charge on any atom is -0.325 e. The summed E-state index contributed by atoms with van der Waals surface area (Å²) >= 11 is 1.73. The third-order valence-corrected chi connectivity index (χ3v) is 4.91. The summed E-state index contributed by atoms with van der Waals surface area (Å²) < 4.78 is 0. The van der Waals surface area contributed by atoms with Crippen LogP contribution in [0.3, 0.4) is 0 Å². The first-order valence-corrected chi connectivity index (χ1v) is 8.53. The quantitative estimate of drug-likeness (QED) is 0.865. The lowest BCUT2D eigenvalue weighted by molar-refractivity contribution is -0.120. The monoisotopic (exact) mass is 316 g/mol. The summed E-state index contributed by atoms with van der Waals surface area (Å²) in [5, 5.41) is 5.10. The third-order valence-electron chi connectivity index (χ3n) is 4.05. The van der Waals surface area contributed by atoms with Gasteiger partial charge in [0.25, 0.3) is 0 Å². The van der Waals surface area contributed by atoms with Crippen molar-refractivity contribution in [3.63, 3.8) is 0 Å². The molecule has 1 amide bonds. The summed E-state index contributed by atoms with van der Waals surface area (Å²) in [5.74, 6) is 0.0432. The first-order valence-electron chi connectivity index (χ1n) is 7.65. The molecule has 3 nitrogen and oxygen atoms in total. The summed E-state index contributed by atoms with van der Waals surface area (Å²) in [5.41, 5.74) is 3.29. The van der Waals surface area contributed by atoms with E-state index in [9.17, 15) is 4.79 Å². The molecule has 1 heterocycles. The summed E-state index contributed by atoms with van der Waals surface area (Å²) in [6.45, 7) is 9.85. The lowest BCUT2D eigenvalue weighted by Gasteiger charge is -2.26. The Morgan fingerprint density at radius 2 is 2.05 bits per heavy atom. The number of amides is 1. The fraction of sp³-hybridized carbons (Fsp3) is 0.389. The molecule has 1 atom stereocenters. The first kappa shape index (κ1) is 16.7. The van der Waals surface area contributed by atoms with E-state index in [1.807, 2.05) is 31.2 Å². The standard InChI is InChI=1S/C18H24N2OS/c1-5-20(12-17-7-6-10-22-17)15(4)18(21)19-16-9-8-13(2)14(3)11-16/h6-11,15H,5,12H2,1-4H3,(H,19,21). The van der Waals surface area contributed by atoms with Crippen molar-refractivity contribution in [3.8, 4) is 0 Å². The molecule has 0 bridgehead atoms. The Balaban J connectivity index is 2.01. The van der Waals surface area contributed by atoms with Crippen LogP contribution >= 0.6 is 11.3 Å². The number of nitrogens with one attached hydrogen (secondary N) is 1. The van der Waals surface area contributed by atoms with Crippen LogP contribution in [-0.2, 0) is 11.3 Å². The molecular weight excluding hydrogens is 292 g/mol. The van der Waals surface area contributed by atoms with Gasteiger partial charge in [-0.3, -0.25) is 9.69 Å². The predicted molar refractivity (Wildman–Crippen MR) is 94.4 cm³/mol. The van der Waals surface area contributed by atoms with Gasteiger partial charge in [-0.1, -0.05) is 19.1 Å². The van der Waals surface area contributed by atoms with E-state index in [-0.39, 0.29) is 11.9 Å². The van der Waals surface area contributed by atoms with Gasteiger partial charge in [-0.25, -0.2) is 0 Å².